The summed E-state index contributed by atoms with van der Waals surface area (Å²) in [6.07, 6.45) is 0.173. The molecule has 2 N–H and O–H groups in total. The van der Waals surface area contributed by atoms with Crippen molar-refractivity contribution in [3.63, 3.8) is 0 Å². The molecule has 4 aromatic carbocycles. The molecule has 6 rings (SSSR count). The third-order valence-electron chi connectivity index (χ3n) is 6.46. The summed E-state index contributed by atoms with van der Waals surface area (Å²) in [7, 11) is 0. The Morgan fingerprint density at radius 3 is 2.36 bits per heavy atom. The number of carbonyl (C=O) groups is 2. The monoisotopic (exact) mass is 535 g/mol. The zero-order valence-electron chi connectivity index (χ0n) is 21.1. The summed E-state index contributed by atoms with van der Waals surface area (Å²) in [4.78, 5) is 31.3. The third-order valence-corrected chi connectivity index (χ3v) is 7.44. The van der Waals surface area contributed by atoms with E-state index in [9.17, 15) is 9.59 Å². The summed E-state index contributed by atoms with van der Waals surface area (Å²) >= 11 is 1.03. The lowest BCUT2D eigenvalue weighted by molar-refractivity contribution is -0.118. The van der Waals surface area contributed by atoms with Crippen LogP contribution in [-0.4, -0.2) is 26.4 Å². The fourth-order valence-corrected chi connectivity index (χ4v) is 5.34. The van der Waals surface area contributed by atoms with Crippen LogP contribution >= 0.6 is 11.8 Å². The van der Waals surface area contributed by atoms with E-state index in [-0.39, 0.29) is 22.5 Å². The Bertz CT molecular complexity index is 1650. The van der Waals surface area contributed by atoms with Gasteiger partial charge in [-0.2, -0.15) is 0 Å². The van der Waals surface area contributed by atoms with Crippen LogP contribution in [0.1, 0.15) is 24.4 Å². The number of hydrogen-bond donors (Lipinski definition) is 2. The predicted octanol–water partition coefficient (Wildman–Crippen LogP) is 7.06. The number of H-pyrrole nitrogens is 1. The zero-order chi connectivity index (χ0) is 26.8. The Hall–Kier alpha value is -4.56. The minimum atomic E-state index is -0.389. The highest BCUT2D eigenvalue weighted by molar-refractivity contribution is 8.15. The first-order valence-electron chi connectivity index (χ1n) is 12.6. The number of nitrogens with zero attached hydrogens (tertiary/aromatic N) is 1. The molecule has 7 nitrogen and oxygen atoms in total. The van der Waals surface area contributed by atoms with Crippen molar-refractivity contribution >= 4 is 33.9 Å². The molecule has 0 saturated carbocycles. The van der Waals surface area contributed by atoms with Crippen LogP contribution in [0, 0.1) is 0 Å². The first-order valence-corrected chi connectivity index (χ1v) is 13.5. The van der Waals surface area contributed by atoms with E-state index in [1.807, 2.05) is 85.8 Å². The Morgan fingerprint density at radius 1 is 0.846 bits per heavy atom. The maximum Gasteiger partial charge on any atom is 0.286 e. The second kappa shape index (κ2) is 10.7. The number of aromatic nitrogens is 2. The van der Waals surface area contributed by atoms with Crippen LogP contribution in [0.2, 0.25) is 0 Å². The number of thioether (sulfide) groups is 1. The van der Waals surface area contributed by atoms with Gasteiger partial charge in [0.15, 0.2) is 6.10 Å². The van der Waals surface area contributed by atoms with E-state index in [2.05, 4.69) is 28.5 Å². The van der Waals surface area contributed by atoms with Gasteiger partial charge in [-0.25, -0.2) is 4.98 Å². The molecule has 2 amide bonds. The van der Waals surface area contributed by atoms with Crippen LogP contribution in [-0.2, 0) is 11.2 Å². The van der Waals surface area contributed by atoms with Crippen molar-refractivity contribution < 1.29 is 19.1 Å². The lowest BCUT2D eigenvalue weighted by atomic mass is 10.1. The molecule has 0 radical (unpaired) electrons. The molecule has 0 aliphatic carbocycles. The molecular formula is C31H25N3O4S. The number of amides is 2. The SMILES string of the molecule is CC(Oc1ccc(CC2SC(=O)NC2=O)cc1)c1nc2ccc(Oc3cccc(-c4ccccc4)c3)cc2[nH]1. The minimum Gasteiger partial charge on any atom is -0.483 e. The highest BCUT2D eigenvalue weighted by Crippen LogP contribution is 2.30. The molecule has 2 atom stereocenters. The van der Waals surface area contributed by atoms with Crippen LogP contribution in [0.4, 0.5) is 4.79 Å². The van der Waals surface area contributed by atoms with Crippen LogP contribution in [0.3, 0.4) is 0 Å². The zero-order valence-corrected chi connectivity index (χ0v) is 21.9. The van der Waals surface area contributed by atoms with Crippen molar-refractivity contribution in [2.24, 2.45) is 0 Å². The molecule has 2 unspecified atom stereocenters. The van der Waals surface area contributed by atoms with E-state index in [1.165, 1.54) is 0 Å². The standard InChI is InChI=1S/C31H25N3O4S/c1-19(37-23-12-10-20(11-13-23)16-28-30(35)34-31(36)39-28)29-32-26-15-14-25(18-27(26)33-29)38-24-9-5-8-22(17-24)21-6-3-2-4-7-21/h2-15,17-19,28H,16H2,1H3,(H,32,33)(H,34,35,36). The number of aromatic amines is 1. The van der Waals surface area contributed by atoms with E-state index < -0.39 is 0 Å². The number of nitrogens with one attached hydrogen (secondary N) is 2. The number of imidazole rings is 1. The first kappa shape index (κ1) is 24.8. The number of carbonyl (C=O) groups excluding carboxylic acids is 2. The largest absolute Gasteiger partial charge is 0.483 e. The van der Waals surface area contributed by atoms with Crippen molar-refractivity contribution in [3.05, 3.63) is 108 Å². The summed E-state index contributed by atoms with van der Waals surface area (Å²) in [5.41, 5.74) is 4.87. The normalized spacial score (nSPS) is 15.8. The average Bonchev–Trinajstić information content (AvgIpc) is 3.52. The first-order chi connectivity index (χ1) is 19.0. The number of hydrogen-bond acceptors (Lipinski definition) is 6. The summed E-state index contributed by atoms with van der Waals surface area (Å²) < 4.78 is 12.3. The van der Waals surface area contributed by atoms with Gasteiger partial charge in [-0.05, 0) is 66.4 Å². The van der Waals surface area contributed by atoms with Gasteiger partial charge >= 0.3 is 0 Å². The lowest BCUT2D eigenvalue weighted by Gasteiger charge is -2.13. The topological polar surface area (TPSA) is 93.3 Å². The molecule has 8 heteroatoms. The number of ether oxygens (including phenoxy) is 2. The molecule has 5 aromatic rings. The summed E-state index contributed by atoms with van der Waals surface area (Å²) in [6, 6.07) is 31.5. The predicted molar refractivity (Wildman–Crippen MR) is 152 cm³/mol. The molecule has 0 spiro atoms. The number of benzene rings is 4. The maximum atomic E-state index is 11.8. The van der Waals surface area contributed by atoms with Crippen LogP contribution < -0.4 is 14.8 Å². The molecule has 0 bridgehead atoms. The highest BCUT2D eigenvalue weighted by atomic mass is 32.2. The number of imide groups is 1. The quantitative estimate of drug-likeness (QED) is 0.221. The van der Waals surface area contributed by atoms with Crippen molar-refractivity contribution in [1.29, 1.82) is 0 Å². The molecule has 39 heavy (non-hydrogen) atoms. The fraction of sp³-hybridized carbons (Fsp3) is 0.129. The van der Waals surface area contributed by atoms with Crippen molar-refractivity contribution in [2.45, 2.75) is 24.7 Å². The van der Waals surface area contributed by atoms with Gasteiger partial charge in [-0.15, -0.1) is 0 Å². The third kappa shape index (κ3) is 5.66. The summed E-state index contributed by atoms with van der Waals surface area (Å²) in [6.45, 7) is 1.93. The maximum absolute atomic E-state index is 11.8. The van der Waals surface area contributed by atoms with Gasteiger partial charge in [0, 0.05) is 6.07 Å². The minimum absolute atomic E-state index is 0.238. The van der Waals surface area contributed by atoms with E-state index in [1.54, 1.807) is 0 Å². The Kier molecular flexibility index (Phi) is 6.77. The van der Waals surface area contributed by atoms with E-state index >= 15 is 0 Å². The van der Waals surface area contributed by atoms with Gasteiger partial charge in [0.2, 0.25) is 5.91 Å². The summed E-state index contributed by atoms with van der Waals surface area (Å²) in [5.74, 6) is 2.62. The Labute approximate surface area is 229 Å². The number of rotatable bonds is 8. The molecule has 1 aromatic heterocycles. The van der Waals surface area contributed by atoms with Crippen molar-refractivity contribution in [3.8, 4) is 28.4 Å². The van der Waals surface area contributed by atoms with Crippen molar-refractivity contribution in [1.82, 2.24) is 15.3 Å². The molecule has 194 valence electrons. The van der Waals surface area contributed by atoms with Crippen LogP contribution in [0.15, 0.2) is 97.1 Å². The molecule has 1 saturated heterocycles. The Morgan fingerprint density at radius 2 is 1.59 bits per heavy atom. The Balaban J connectivity index is 1.12. The second-order valence-corrected chi connectivity index (χ2v) is 10.5. The van der Waals surface area contributed by atoms with E-state index in [0.29, 0.717) is 23.7 Å². The smallest absolute Gasteiger partial charge is 0.286 e. The van der Waals surface area contributed by atoms with Crippen LogP contribution in [0.25, 0.3) is 22.2 Å². The lowest BCUT2D eigenvalue weighted by Crippen LogP contribution is -2.25. The van der Waals surface area contributed by atoms with Gasteiger partial charge < -0.3 is 14.5 Å². The van der Waals surface area contributed by atoms with Gasteiger partial charge in [0.1, 0.15) is 23.1 Å². The van der Waals surface area contributed by atoms with Gasteiger partial charge in [-0.3, -0.25) is 14.9 Å². The van der Waals surface area contributed by atoms with Gasteiger partial charge in [0.25, 0.3) is 5.24 Å². The molecular weight excluding hydrogens is 510 g/mol. The highest BCUT2D eigenvalue weighted by Gasteiger charge is 2.31. The van der Waals surface area contributed by atoms with E-state index in [0.717, 1.165) is 45.2 Å². The van der Waals surface area contributed by atoms with Crippen molar-refractivity contribution in [2.75, 3.05) is 0 Å². The van der Waals surface area contributed by atoms with E-state index in [4.69, 9.17) is 14.5 Å². The molecule has 2 heterocycles. The summed E-state index contributed by atoms with van der Waals surface area (Å²) in [5, 5.41) is 1.64. The molecule has 1 aliphatic heterocycles. The molecule has 1 aliphatic rings. The average molecular weight is 536 g/mol. The second-order valence-electron chi connectivity index (χ2n) is 9.29. The van der Waals surface area contributed by atoms with Gasteiger partial charge in [-0.1, -0.05) is 66.4 Å². The number of fused-ring (bicyclic) bond motifs is 1. The van der Waals surface area contributed by atoms with Gasteiger partial charge in [0.05, 0.1) is 16.3 Å². The molecule has 1 fully saturated rings. The fourth-order valence-electron chi connectivity index (χ4n) is 4.48. The van der Waals surface area contributed by atoms with Crippen LogP contribution in [0.5, 0.6) is 17.2 Å².